The molecule has 0 aromatic carbocycles. The van der Waals surface area contributed by atoms with Crippen molar-refractivity contribution < 1.29 is 9.42 Å². The quantitative estimate of drug-likeness (QED) is 0.833. The molecule has 0 radical (unpaired) electrons. The summed E-state index contributed by atoms with van der Waals surface area (Å²) in [6.45, 7) is 5.92. The number of hydrogen-bond acceptors (Lipinski definition) is 7. The van der Waals surface area contributed by atoms with Gasteiger partial charge in [0.1, 0.15) is 11.4 Å². The molecule has 2 atom stereocenters. The molecule has 0 spiro atoms. The van der Waals surface area contributed by atoms with Crippen LogP contribution in [0.25, 0.3) is 0 Å². The lowest BCUT2D eigenvalue weighted by molar-refractivity contribution is -0.145. The van der Waals surface area contributed by atoms with Gasteiger partial charge in [-0.3, -0.25) is 14.7 Å². The van der Waals surface area contributed by atoms with E-state index in [2.05, 4.69) is 49.6 Å². The van der Waals surface area contributed by atoms with E-state index in [9.17, 15) is 4.79 Å². The van der Waals surface area contributed by atoms with E-state index in [0.717, 1.165) is 51.1 Å². The lowest BCUT2D eigenvalue weighted by Crippen LogP contribution is -2.65. The van der Waals surface area contributed by atoms with Crippen molar-refractivity contribution in [1.29, 1.82) is 0 Å². The second-order valence-corrected chi connectivity index (χ2v) is 8.09. The second kappa shape index (κ2) is 7.97. The molecule has 8 heteroatoms. The molecular formula is C20H28N6O2. The van der Waals surface area contributed by atoms with Crippen molar-refractivity contribution in [3.05, 3.63) is 41.5 Å². The normalized spacial score (nSPS) is 26.0. The molecule has 1 N–H and O–H groups in total. The molecule has 8 nitrogen and oxygen atoms in total. The first-order valence-electron chi connectivity index (χ1n) is 9.96. The monoisotopic (exact) mass is 384 g/mol. The van der Waals surface area contributed by atoms with Gasteiger partial charge in [-0.05, 0) is 64.0 Å². The van der Waals surface area contributed by atoms with Crippen LogP contribution in [0.3, 0.4) is 0 Å². The summed E-state index contributed by atoms with van der Waals surface area (Å²) in [7, 11) is 2.14. The van der Waals surface area contributed by atoms with E-state index in [1.54, 1.807) is 0 Å². The van der Waals surface area contributed by atoms with Crippen molar-refractivity contribution >= 4 is 5.91 Å². The van der Waals surface area contributed by atoms with Gasteiger partial charge in [0.15, 0.2) is 0 Å². The fourth-order valence-corrected chi connectivity index (χ4v) is 4.67. The van der Waals surface area contributed by atoms with Gasteiger partial charge in [-0.25, -0.2) is 4.63 Å². The zero-order chi connectivity index (χ0) is 19.6. The van der Waals surface area contributed by atoms with E-state index >= 15 is 0 Å². The second-order valence-electron chi connectivity index (χ2n) is 8.09. The van der Waals surface area contributed by atoms with Crippen molar-refractivity contribution in [1.82, 2.24) is 30.4 Å². The highest BCUT2D eigenvalue weighted by Gasteiger charge is 2.52. The number of pyridine rings is 1. The zero-order valence-electron chi connectivity index (χ0n) is 16.6. The number of nitrogens with one attached hydrogen (secondary N) is 1. The maximum Gasteiger partial charge on any atom is 0.228 e. The van der Waals surface area contributed by atoms with Gasteiger partial charge in [0.25, 0.3) is 0 Å². The molecule has 4 rings (SSSR count). The molecule has 150 valence electrons. The molecule has 0 unspecified atom stereocenters. The zero-order valence-corrected chi connectivity index (χ0v) is 16.6. The van der Waals surface area contributed by atoms with Gasteiger partial charge in [0, 0.05) is 31.5 Å². The molecule has 2 fully saturated rings. The first-order chi connectivity index (χ1) is 13.6. The largest absolute Gasteiger partial charge is 0.350 e. The average molecular weight is 384 g/mol. The first kappa shape index (κ1) is 19.0. The predicted molar refractivity (Wildman–Crippen MR) is 103 cm³/mol. The van der Waals surface area contributed by atoms with Gasteiger partial charge >= 0.3 is 0 Å². The first-order valence-corrected chi connectivity index (χ1v) is 9.96. The predicted octanol–water partition coefficient (Wildman–Crippen LogP) is 1.38. The minimum Gasteiger partial charge on any atom is -0.350 e. The standard InChI is InChI=1S/C20H28N6O2/c1-15-17(24-28-23-15)12-22-19(27)20-6-3-10-26(13-16-4-8-21-9-5-16)18(20)14-25(2)11-7-20/h4-5,8-9,18H,3,6-7,10-14H2,1-2H3,(H,22,27)/t18-,20+/m0/s1. The number of aryl methyl sites for hydroxylation is 1. The maximum atomic E-state index is 13.4. The number of carbonyl (C=O) groups excluding carboxylic acids is 1. The van der Waals surface area contributed by atoms with Gasteiger partial charge in [-0.1, -0.05) is 10.3 Å². The van der Waals surface area contributed by atoms with Gasteiger partial charge < -0.3 is 10.2 Å². The number of aromatic nitrogens is 3. The Morgan fingerprint density at radius 3 is 2.86 bits per heavy atom. The van der Waals surface area contributed by atoms with Gasteiger partial charge in [-0.15, -0.1) is 0 Å². The third kappa shape index (κ3) is 3.66. The smallest absolute Gasteiger partial charge is 0.228 e. The fraction of sp³-hybridized carbons (Fsp3) is 0.600. The Morgan fingerprint density at radius 1 is 1.29 bits per heavy atom. The summed E-state index contributed by atoms with van der Waals surface area (Å²) < 4.78 is 4.75. The van der Waals surface area contributed by atoms with Crippen LogP contribution in [0.15, 0.2) is 29.2 Å². The van der Waals surface area contributed by atoms with Crippen LogP contribution in [0.1, 0.15) is 36.2 Å². The van der Waals surface area contributed by atoms with Crippen LogP contribution in [-0.2, 0) is 17.9 Å². The number of likely N-dealkylation sites (N-methyl/N-ethyl adjacent to an activating group) is 1. The van der Waals surface area contributed by atoms with Gasteiger partial charge in [0.05, 0.1) is 12.0 Å². The Bertz CT molecular complexity index is 810. The Morgan fingerprint density at radius 2 is 2.11 bits per heavy atom. The summed E-state index contributed by atoms with van der Waals surface area (Å²) in [5.74, 6) is 0.132. The van der Waals surface area contributed by atoms with Crippen LogP contribution in [0, 0.1) is 12.3 Å². The topological polar surface area (TPSA) is 87.4 Å². The molecule has 2 aliphatic heterocycles. The van der Waals surface area contributed by atoms with E-state index in [4.69, 9.17) is 4.63 Å². The molecule has 0 saturated carbocycles. The number of nitrogens with zero attached hydrogens (tertiary/aromatic N) is 5. The van der Waals surface area contributed by atoms with Crippen molar-refractivity contribution in [2.75, 3.05) is 26.7 Å². The number of carbonyl (C=O) groups is 1. The highest BCUT2D eigenvalue weighted by molar-refractivity contribution is 5.83. The number of likely N-dealkylation sites (tertiary alicyclic amines) is 2. The number of hydrogen-bond donors (Lipinski definition) is 1. The highest BCUT2D eigenvalue weighted by Crippen LogP contribution is 2.43. The van der Waals surface area contributed by atoms with Crippen molar-refractivity contribution in [3.8, 4) is 0 Å². The molecule has 0 aliphatic carbocycles. The number of fused-ring (bicyclic) bond motifs is 1. The third-order valence-electron chi connectivity index (χ3n) is 6.32. The van der Waals surface area contributed by atoms with Crippen LogP contribution in [0.2, 0.25) is 0 Å². The molecule has 0 bridgehead atoms. The lowest BCUT2D eigenvalue weighted by atomic mass is 9.67. The van der Waals surface area contributed by atoms with E-state index in [1.807, 2.05) is 19.3 Å². The summed E-state index contributed by atoms with van der Waals surface area (Å²) in [6.07, 6.45) is 6.51. The SMILES string of the molecule is Cc1nonc1CNC(=O)[C@@]12CCCN(Cc3ccncc3)[C@H]1CN(C)CC2. The van der Waals surface area contributed by atoms with Crippen LogP contribution in [-0.4, -0.2) is 63.7 Å². The summed E-state index contributed by atoms with van der Waals surface area (Å²) >= 11 is 0. The van der Waals surface area contributed by atoms with Crippen molar-refractivity contribution in [2.24, 2.45) is 5.41 Å². The van der Waals surface area contributed by atoms with E-state index in [0.29, 0.717) is 12.2 Å². The summed E-state index contributed by atoms with van der Waals surface area (Å²) in [6, 6.07) is 4.32. The fourth-order valence-electron chi connectivity index (χ4n) is 4.67. The van der Waals surface area contributed by atoms with Crippen LogP contribution >= 0.6 is 0 Å². The van der Waals surface area contributed by atoms with Gasteiger partial charge in [-0.2, -0.15) is 0 Å². The Kier molecular flexibility index (Phi) is 5.41. The van der Waals surface area contributed by atoms with Crippen LogP contribution in [0.4, 0.5) is 0 Å². The number of amides is 1. The molecule has 28 heavy (non-hydrogen) atoms. The molecule has 4 heterocycles. The molecular weight excluding hydrogens is 356 g/mol. The minimum absolute atomic E-state index is 0.132. The van der Waals surface area contributed by atoms with E-state index < -0.39 is 0 Å². The van der Waals surface area contributed by atoms with E-state index in [-0.39, 0.29) is 17.4 Å². The van der Waals surface area contributed by atoms with Crippen molar-refractivity contribution in [2.45, 2.75) is 45.3 Å². The van der Waals surface area contributed by atoms with Crippen LogP contribution in [0.5, 0.6) is 0 Å². The van der Waals surface area contributed by atoms with Crippen LogP contribution < -0.4 is 5.32 Å². The summed E-state index contributed by atoms with van der Waals surface area (Å²) in [5, 5.41) is 10.8. The number of piperidine rings is 2. The molecule has 2 aliphatic rings. The number of rotatable bonds is 5. The van der Waals surface area contributed by atoms with Crippen molar-refractivity contribution in [3.63, 3.8) is 0 Å². The maximum absolute atomic E-state index is 13.4. The summed E-state index contributed by atoms with van der Waals surface area (Å²) in [4.78, 5) is 22.4. The Labute approximate surface area is 165 Å². The Balaban J connectivity index is 1.53. The highest BCUT2D eigenvalue weighted by atomic mass is 16.6. The molecule has 2 aromatic rings. The van der Waals surface area contributed by atoms with E-state index in [1.165, 1.54) is 5.56 Å². The lowest BCUT2D eigenvalue weighted by Gasteiger charge is -2.53. The average Bonchev–Trinajstić information content (AvgIpc) is 3.12. The third-order valence-corrected chi connectivity index (χ3v) is 6.32. The summed E-state index contributed by atoms with van der Waals surface area (Å²) in [5.41, 5.74) is 2.30. The molecule has 2 saturated heterocycles. The minimum atomic E-state index is -0.358. The Hall–Kier alpha value is -2.32. The molecule has 1 amide bonds. The molecule has 2 aromatic heterocycles. The van der Waals surface area contributed by atoms with Gasteiger partial charge in [0.2, 0.25) is 5.91 Å².